The van der Waals surface area contributed by atoms with Crippen molar-refractivity contribution < 1.29 is 14.6 Å². The van der Waals surface area contributed by atoms with Crippen LogP contribution in [0.1, 0.15) is 11.1 Å². The number of amides is 1. The Morgan fingerprint density at radius 3 is 2.97 bits per heavy atom. The van der Waals surface area contributed by atoms with Crippen molar-refractivity contribution in [1.29, 1.82) is 0 Å². The second kappa shape index (κ2) is 8.98. The first-order valence-electron chi connectivity index (χ1n) is 9.74. The van der Waals surface area contributed by atoms with E-state index in [-0.39, 0.29) is 19.1 Å². The third-order valence-corrected chi connectivity index (χ3v) is 5.07. The molecule has 0 radical (unpaired) electrons. The molecule has 1 aliphatic rings. The van der Waals surface area contributed by atoms with E-state index in [0.29, 0.717) is 17.8 Å². The van der Waals surface area contributed by atoms with Gasteiger partial charge in [0.15, 0.2) is 6.61 Å². The Balaban J connectivity index is 1.22. The quantitative estimate of drug-likeness (QED) is 0.634. The molecule has 0 bridgehead atoms. The molecule has 0 saturated heterocycles. The molecule has 2 N–H and O–H groups in total. The van der Waals surface area contributed by atoms with E-state index in [1.165, 1.54) is 17.5 Å². The molecular formula is C22H24N4O3. The lowest BCUT2D eigenvalue weighted by Gasteiger charge is -2.30. The second-order valence-electron chi connectivity index (χ2n) is 7.22. The van der Waals surface area contributed by atoms with E-state index in [1.54, 1.807) is 12.3 Å². The molecule has 29 heavy (non-hydrogen) atoms. The molecular weight excluding hydrogens is 368 g/mol. The topological polar surface area (TPSA) is 87.6 Å². The number of aliphatic hydroxyl groups is 1. The van der Waals surface area contributed by atoms with Crippen molar-refractivity contribution in [2.75, 3.05) is 26.2 Å². The number of hydrogen-bond donors (Lipinski definition) is 2. The van der Waals surface area contributed by atoms with Crippen LogP contribution in [-0.4, -0.2) is 58.2 Å². The van der Waals surface area contributed by atoms with Gasteiger partial charge in [-0.2, -0.15) is 0 Å². The van der Waals surface area contributed by atoms with E-state index in [1.807, 2.05) is 18.2 Å². The first kappa shape index (κ1) is 19.3. The summed E-state index contributed by atoms with van der Waals surface area (Å²) >= 11 is 0. The molecule has 1 unspecified atom stereocenters. The number of hydrogen-bond acceptors (Lipinski definition) is 6. The summed E-state index contributed by atoms with van der Waals surface area (Å²) < 4.78 is 5.61. The number of carbonyl (C=O) groups is 1. The van der Waals surface area contributed by atoms with Crippen LogP contribution in [0.15, 0.2) is 55.0 Å². The average Bonchev–Trinajstić information content (AvgIpc) is 2.76. The Hall–Kier alpha value is -3.03. The lowest BCUT2D eigenvalue weighted by atomic mass is 10.00. The number of benzene rings is 2. The molecule has 1 amide bonds. The zero-order chi connectivity index (χ0) is 20.1. The number of fused-ring (bicyclic) bond motifs is 2. The van der Waals surface area contributed by atoms with Crippen molar-refractivity contribution in [2.24, 2.45) is 0 Å². The summed E-state index contributed by atoms with van der Waals surface area (Å²) in [6.45, 7) is 2.32. The van der Waals surface area contributed by atoms with Crippen LogP contribution in [0.4, 0.5) is 0 Å². The molecule has 1 aliphatic heterocycles. The molecule has 3 aromatic rings. The Morgan fingerprint density at radius 1 is 1.21 bits per heavy atom. The molecule has 1 atom stereocenters. The molecule has 150 valence electrons. The highest BCUT2D eigenvalue weighted by Gasteiger charge is 2.18. The van der Waals surface area contributed by atoms with E-state index in [2.05, 4.69) is 38.4 Å². The molecule has 7 heteroatoms. The minimum Gasteiger partial charge on any atom is -0.481 e. The zero-order valence-corrected chi connectivity index (χ0v) is 16.1. The number of para-hydroxylation sites is 1. The number of aromatic nitrogens is 2. The Morgan fingerprint density at radius 2 is 2.07 bits per heavy atom. The number of ether oxygens (including phenoxy) is 1. The minimum atomic E-state index is -0.630. The summed E-state index contributed by atoms with van der Waals surface area (Å²) in [5.41, 5.74) is 3.35. The van der Waals surface area contributed by atoms with E-state index < -0.39 is 6.10 Å². The maximum absolute atomic E-state index is 12.1. The smallest absolute Gasteiger partial charge is 0.258 e. The van der Waals surface area contributed by atoms with Crippen LogP contribution in [0, 0.1) is 0 Å². The lowest BCUT2D eigenvalue weighted by Crippen LogP contribution is -2.42. The summed E-state index contributed by atoms with van der Waals surface area (Å²) in [6, 6.07) is 13.9. The van der Waals surface area contributed by atoms with Crippen LogP contribution in [0.2, 0.25) is 0 Å². The summed E-state index contributed by atoms with van der Waals surface area (Å²) in [5.74, 6) is 0.256. The van der Waals surface area contributed by atoms with Crippen LogP contribution in [0.25, 0.3) is 10.9 Å². The SMILES string of the molecule is O=C(COc1cccc2cncnc12)NCC(O)CN1CCc2ccccc2C1. The van der Waals surface area contributed by atoms with Gasteiger partial charge in [-0.3, -0.25) is 9.69 Å². The van der Waals surface area contributed by atoms with Gasteiger partial charge in [0.05, 0.1) is 6.10 Å². The van der Waals surface area contributed by atoms with E-state index in [4.69, 9.17) is 4.74 Å². The standard InChI is InChI=1S/C22H24N4O3/c27-19(13-26-9-8-16-4-1-2-5-18(16)12-26)11-24-21(28)14-29-20-7-3-6-17-10-23-15-25-22(17)20/h1-7,10,15,19,27H,8-9,11-14H2,(H,24,28). The summed E-state index contributed by atoms with van der Waals surface area (Å²) in [4.78, 5) is 22.5. The van der Waals surface area contributed by atoms with Crippen molar-refractivity contribution in [3.63, 3.8) is 0 Å². The van der Waals surface area contributed by atoms with E-state index in [0.717, 1.165) is 24.9 Å². The van der Waals surface area contributed by atoms with Crippen LogP contribution >= 0.6 is 0 Å². The molecule has 2 aromatic carbocycles. The summed E-state index contributed by atoms with van der Waals surface area (Å²) in [6.07, 6.45) is 3.50. The highest BCUT2D eigenvalue weighted by molar-refractivity contribution is 5.84. The van der Waals surface area contributed by atoms with Crippen LogP contribution < -0.4 is 10.1 Å². The zero-order valence-electron chi connectivity index (χ0n) is 16.1. The van der Waals surface area contributed by atoms with Gasteiger partial charge >= 0.3 is 0 Å². The summed E-state index contributed by atoms with van der Waals surface area (Å²) in [7, 11) is 0. The van der Waals surface area contributed by atoms with Crippen molar-refractivity contribution in [3.8, 4) is 5.75 Å². The Labute approximate surface area is 169 Å². The largest absolute Gasteiger partial charge is 0.481 e. The molecule has 4 rings (SSSR count). The van der Waals surface area contributed by atoms with Gasteiger partial charge < -0.3 is 15.2 Å². The van der Waals surface area contributed by atoms with Crippen molar-refractivity contribution in [2.45, 2.75) is 19.1 Å². The lowest BCUT2D eigenvalue weighted by molar-refractivity contribution is -0.123. The predicted molar refractivity (Wildman–Crippen MR) is 109 cm³/mol. The van der Waals surface area contributed by atoms with E-state index >= 15 is 0 Å². The molecule has 0 saturated carbocycles. The highest BCUT2D eigenvalue weighted by atomic mass is 16.5. The minimum absolute atomic E-state index is 0.132. The first-order valence-corrected chi connectivity index (χ1v) is 9.74. The Kier molecular flexibility index (Phi) is 5.97. The molecule has 1 aromatic heterocycles. The van der Waals surface area contributed by atoms with Gasteiger partial charge in [0.25, 0.3) is 5.91 Å². The normalized spacial score (nSPS) is 14.9. The van der Waals surface area contributed by atoms with Gasteiger partial charge in [0.1, 0.15) is 17.6 Å². The van der Waals surface area contributed by atoms with Gasteiger partial charge in [-0.25, -0.2) is 9.97 Å². The fourth-order valence-electron chi connectivity index (χ4n) is 3.60. The fourth-order valence-corrected chi connectivity index (χ4v) is 3.60. The number of carbonyl (C=O) groups excluding carboxylic acids is 1. The molecule has 2 heterocycles. The van der Waals surface area contributed by atoms with Gasteiger partial charge in [-0.05, 0) is 23.6 Å². The number of β-amino-alcohol motifs (C(OH)–C–C–N with tert-alkyl or cyclic N) is 1. The number of nitrogens with one attached hydrogen (secondary N) is 1. The number of rotatable bonds is 7. The number of nitrogens with zero attached hydrogens (tertiary/aromatic N) is 3. The molecule has 7 nitrogen and oxygen atoms in total. The highest BCUT2D eigenvalue weighted by Crippen LogP contribution is 2.22. The third kappa shape index (κ3) is 4.88. The van der Waals surface area contributed by atoms with Crippen LogP contribution in [0.3, 0.4) is 0 Å². The van der Waals surface area contributed by atoms with Gasteiger partial charge in [0, 0.05) is 37.8 Å². The molecule has 0 fully saturated rings. The maximum atomic E-state index is 12.1. The van der Waals surface area contributed by atoms with Crippen LogP contribution in [-0.2, 0) is 17.8 Å². The van der Waals surface area contributed by atoms with Crippen molar-refractivity contribution >= 4 is 16.8 Å². The van der Waals surface area contributed by atoms with Gasteiger partial charge in [0.2, 0.25) is 0 Å². The van der Waals surface area contributed by atoms with Crippen molar-refractivity contribution in [1.82, 2.24) is 20.2 Å². The monoisotopic (exact) mass is 392 g/mol. The molecule has 0 aliphatic carbocycles. The third-order valence-electron chi connectivity index (χ3n) is 5.07. The van der Waals surface area contributed by atoms with Crippen LogP contribution in [0.5, 0.6) is 5.75 Å². The maximum Gasteiger partial charge on any atom is 0.258 e. The first-order chi connectivity index (χ1) is 14.2. The second-order valence-corrected chi connectivity index (χ2v) is 7.22. The van der Waals surface area contributed by atoms with E-state index in [9.17, 15) is 9.90 Å². The number of aliphatic hydroxyl groups excluding tert-OH is 1. The summed E-state index contributed by atoms with van der Waals surface area (Å²) in [5, 5.41) is 13.9. The van der Waals surface area contributed by atoms with Crippen molar-refractivity contribution in [3.05, 3.63) is 66.1 Å². The fraction of sp³-hybridized carbons (Fsp3) is 0.318. The van der Waals surface area contributed by atoms with Gasteiger partial charge in [-0.15, -0.1) is 0 Å². The molecule has 0 spiro atoms. The Bertz CT molecular complexity index is 989. The predicted octanol–water partition coefficient (Wildman–Crippen LogP) is 1.54. The van der Waals surface area contributed by atoms with Gasteiger partial charge in [-0.1, -0.05) is 36.4 Å². The average molecular weight is 392 g/mol.